The number of nitrogens with zero attached hydrogens (tertiary/aromatic N) is 2. The maximum atomic E-state index is 12.3. The van der Waals surface area contributed by atoms with Crippen LogP contribution in [0.3, 0.4) is 0 Å². The van der Waals surface area contributed by atoms with E-state index in [1.54, 1.807) is 28.8 Å². The lowest BCUT2D eigenvalue weighted by molar-refractivity contribution is 0.0698. The lowest BCUT2D eigenvalue weighted by Gasteiger charge is -2.06. The Morgan fingerprint density at radius 2 is 1.87 bits per heavy atom. The summed E-state index contributed by atoms with van der Waals surface area (Å²) in [5.74, 6) is -1.54. The highest BCUT2D eigenvalue weighted by Crippen LogP contribution is 2.17. The van der Waals surface area contributed by atoms with Gasteiger partial charge in [-0.1, -0.05) is 12.1 Å². The molecule has 3 rings (SSSR count). The van der Waals surface area contributed by atoms with Crippen LogP contribution in [0.5, 0.6) is 0 Å². The zero-order chi connectivity index (χ0) is 16.6. The van der Waals surface area contributed by atoms with Crippen molar-refractivity contribution in [2.75, 3.05) is 5.32 Å². The molecule has 0 spiro atoms. The van der Waals surface area contributed by atoms with Gasteiger partial charge < -0.3 is 14.8 Å². The Bertz CT molecular complexity index is 889. The van der Waals surface area contributed by atoms with E-state index in [2.05, 4.69) is 10.3 Å². The minimum Gasteiger partial charge on any atom is -0.478 e. The summed E-state index contributed by atoms with van der Waals surface area (Å²) in [5.41, 5.74) is 3.37. The van der Waals surface area contributed by atoms with E-state index in [0.717, 1.165) is 11.1 Å². The lowest BCUT2D eigenvalue weighted by Crippen LogP contribution is -2.15. The Morgan fingerprint density at radius 3 is 2.61 bits per heavy atom. The van der Waals surface area contributed by atoms with Crippen molar-refractivity contribution in [1.29, 1.82) is 0 Å². The minimum absolute atomic E-state index is 0.0382. The third-order valence-electron chi connectivity index (χ3n) is 3.70. The first-order valence-corrected chi connectivity index (χ1v) is 7.05. The maximum Gasteiger partial charge on any atom is 0.337 e. The summed E-state index contributed by atoms with van der Waals surface area (Å²) in [6, 6.07) is 8.16. The second-order valence-electron chi connectivity index (χ2n) is 5.34. The summed E-state index contributed by atoms with van der Waals surface area (Å²) >= 11 is 0. The number of rotatable bonds is 3. The monoisotopic (exact) mass is 309 g/mol. The molecule has 23 heavy (non-hydrogen) atoms. The van der Waals surface area contributed by atoms with Gasteiger partial charge in [-0.15, -0.1) is 0 Å². The van der Waals surface area contributed by atoms with Crippen LogP contribution >= 0.6 is 0 Å². The number of imidazole rings is 1. The van der Waals surface area contributed by atoms with Gasteiger partial charge >= 0.3 is 5.97 Å². The number of hydrogen-bond donors (Lipinski definition) is 2. The SMILES string of the molecule is Cc1cc2nc(C(=O)Nc3ccccc3C(=O)O)cn2cc1C. The van der Waals surface area contributed by atoms with E-state index in [-0.39, 0.29) is 16.9 Å². The van der Waals surface area contributed by atoms with Crippen molar-refractivity contribution < 1.29 is 14.7 Å². The average Bonchev–Trinajstić information content (AvgIpc) is 2.91. The van der Waals surface area contributed by atoms with Gasteiger partial charge in [0.15, 0.2) is 0 Å². The van der Waals surface area contributed by atoms with Crippen molar-refractivity contribution in [1.82, 2.24) is 9.38 Å². The molecule has 0 saturated carbocycles. The van der Waals surface area contributed by atoms with Crippen molar-refractivity contribution in [3.8, 4) is 0 Å². The van der Waals surface area contributed by atoms with Gasteiger partial charge in [-0.05, 0) is 43.2 Å². The summed E-state index contributed by atoms with van der Waals surface area (Å²) in [4.78, 5) is 27.8. The topological polar surface area (TPSA) is 83.7 Å². The quantitative estimate of drug-likeness (QED) is 0.779. The van der Waals surface area contributed by atoms with E-state index < -0.39 is 11.9 Å². The third kappa shape index (κ3) is 2.78. The first kappa shape index (κ1) is 14.8. The molecular formula is C17H15N3O3. The standard InChI is InChI=1S/C17H15N3O3/c1-10-7-15-18-14(9-20(15)8-11(10)2)16(21)19-13-6-4-3-5-12(13)17(22)23/h3-9H,1-2H3,(H,19,21)(H,22,23). The molecule has 2 aromatic heterocycles. The number of fused-ring (bicyclic) bond motifs is 1. The molecule has 6 nitrogen and oxygen atoms in total. The van der Waals surface area contributed by atoms with E-state index >= 15 is 0 Å². The Balaban J connectivity index is 1.94. The molecule has 0 fully saturated rings. The number of carbonyl (C=O) groups is 2. The number of carboxylic acid groups (broad SMARTS) is 1. The predicted molar refractivity (Wildman–Crippen MR) is 86.0 cm³/mol. The van der Waals surface area contributed by atoms with Crippen molar-refractivity contribution in [3.63, 3.8) is 0 Å². The van der Waals surface area contributed by atoms with E-state index in [0.29, 0.717) is 5.65 Å². The molecular weight excluding hydrogens is 294 g/mol. The van der Waals surface area contributed by atoms with Crippen LogP contribution in [0.4, 0.5) is 5.69 Å². The van der Waals surface area contributed by atoms with Crippen molar-refractivity contribution in [3.05, 3.63) is 65.1 Å². The highest BCUT2D eigenvalue weighted by Gasteiger charge is 2.15. The molecule has 1 aromatic carbocycles. The fraction of sp³-hybridized carbons (Fsp3) is 0.118. The molecule has 0 aliphatic rings. The van der Waals surface area contributed by atoms with Gasteiger partial charge in [0.2, 0.25) is 0 Å². The fourth-order valence-electron chi connectivity index (χ4n) is 2.31. The molecule has 2 heterocycles. The number of aromatic carboxylic acids is 1. The second kappa shape index (κ2) is 5.57. The van der Waals surface area contributed by atoms with Gasteiger partial charge in [0, 0.05) is 12.4 Å². The molecule has 6 heteroatoms. The molecule has 0 aliphatic heterocycles. The van der Waals surface area contributed by atoms with Gasteiger partial charge in [0.25, 0.3) is 5.91 Å². The van der Waals surface area contributed by atoms with Crippen LogP contribution in [-0.2, 0) is 0 Å². The molecule has 1 amide bonds. The van der Waals surface area contributed by atoms with Crippen LogP contribution < -0.4 is 5.32 Å². The van der Waals surface area contributed by atoms with Gasteiger partial charge in [-0.2, -0.15) is 0 Å². The van der Waals surface area contributed by atoms with Crippen molar-refractivity contribution in [2.24, 2.45) is 0 Å². The lowest BCUT2D eigenvalue weighted by atomic mass is 10.2. The van der Waals surface area contributed by atoms with Crippen LogP contribution in [0, 0.1) is 13.8 Å². The Kier molecular flexibility index (Phi) is 3.57. The Hall–Kier alpha value is -3.15. The number of nitrogens with one attached hydrogen (secondary N) is 1. The summed E-state index contributed by atoms with van der Waals surface area (Å²) in [5, 5.41) is 11.8. The molecule has 0 radical (unpaired) electrons. The molecule has 0 aliphatic carbocycles. The molecule has 3 aromatic rings. The zero-order valence-electron chi connectivity index (χ0n) is 12.7. The number of pyridine rings is 1. The van der Waals surface area contributed by atoms with Crippen LogP contribution in [0.1, 0.15) is 32.0 Å². The molecule has 116 valence electrons. The van der Waals surface area contributed by atoms with Crippen LogP contribution in [-0.4, -0.2) is 26.4 Å². The summed E-state index contributed by atoms with van der Waals surface area (Å²) in [7, 11) is 0. The molecule has 0 bridgehead atoms. The average molecular weight is 309 g/mol. The highest BCUT2D eigenvalue weighted by molar-refractivity contribution is 6.07. The number of aryl methyl sites for hydroxylation is 2. The predicted octanol–water partition coefficient (Wildman–Crippen LogP) is 2.90. The van der Waals surface area contributed by atoms with E-state index in [9.17, 15) is 9.59 Å². The molecule has 0 atom stereocenters. The normalized spacial score (nSPS) is 10.7. The van der Waals surface area contributed by atoms with Crippen molar-refractivity contribution in [2.45, 2.75) is 13.8 Å². The fourth-order valence-corrected chi connectivity index (χ4v) is 2.31. The number of aromatic nitrogens is 2. The maximum absolute atomic E-state index is 12.3. The third-order valence-corrected chi connectivity index (χ3v) is 3.70. The molecule has 0 unspecified atom stereocenters. The first-order valence-electron chi connectivity index (χ1n) is 7.05. The van der Waals surface area contributed by atoms with E-state index in [4.69, 9.17) is 5.11 Å². The summed E-state index contributed by atoms with van der Waals surface area (Å²) < 4.78 is 1.78. The molecule has 0 saturated heterocycles. The number of anilines is 1. The largest absolute Gasteiger partial charge is 0.478 e. The number of hydrogen-bond acceptors (Lipinski definition) is 3. The number of para-hydroxylation sites is 1. The number of benzene rings is 1. The van der Waals surface area contributed by atoms with Gasteiger partial charge in [-0.25, -0.2) is 9.78 Å². The number of carboxylic acids is 1. The van der Waals surface area contributed by atoms with Crippen LogP contribution in [0.15, 0.2) is 42.7 Å². The molecule has 2 N–H and O–H groups in total. The Morgan fingerprint density at radius 1 is 1.13 bits per heavy atom. The smallest absolute Gasteiger partial charge is 0.337 e. The number of carbonyl (C=O) groups excluding carboxylic acids is 1. The summed E-state index contributed by atoms with van der Waals surface area (Å²) in [6.45, 7) is 3.96. The Labute approximate surface area is 132 Å². The summed E-state index contributed by atoms with van der Waals surface area (Å²) in [6.07, 6.45) is 3.53. The van der Waals surface area contributed by atoms with Crippen LogP contribution in [0.2, 0.25) is 0 Å². The zero-order valence-corrected chi connectivity index (χ0v) is 12.7. The van der Waals surface area contributed by atoms with Gasteiger partial charge in [-0.3, -0.25) is 4.79 Å². The van der Waals surface area contributed by atoms with Crippen LogP contribution in [0.25, 0.3) is 5.65 Å². The van der Waals surface area contributed by atoms with E-state index in [1.807, 2.05) is 26.1 Å². The van der Waals surface area contributed by atoms with E-state index in [1.165, 1.54) is 6.07 Å². The minimum atomic E-state index is -1.10. The highest BCUT2D eigenvalue weighted by atomic mass is 16.4. The van der Waals surface area contributed by atoms with Crippen molar-refractivity contribution >= 4 is 23.2 Å². The number of amides is 1. The van der Waals surface area contributed by atoms with Gasteiger partial charge in [0.05, 0.1) is 11.3 Å². The second-order valence-corrected chi connectivity index (χ2v) is 5.34. The van der Waals surface area contributed by atoms with Gasteiger partial charge in [0.1, 0.15) is 11.3 Å². The first-order chi connectivity index (χ1) is 11.0.